The van der Waals surface area contributed by atoms with Gasteiger partial charge in [-0.3, -0.25) is 0 Å². The second-order valence-corrected chi connectivity index (χ2v) is 5.62. The predicted molar refractivity (Wildman–Crippen MR) is 77.0 cm³/mol. The molecule has 0 amide bonds. The standard InChI is InChI=1S/C14H28N2.ClH/c1-2-14-8-4-3-5-10-16(14)12-13-7-6-9-15-11-13;/h13-15H,2-12H2,1H3;1H. The zero-order valence-electron chi connectivity index (χ0n) is 11.3. The number of halogens is 1. The van der Waals surface area contributed by atoms with E-state index in [1.807, 2.05) is 0 Å². The van der Waals surface area contributed by atoms with Crippen LogP contribution in [0.2, 0.25) is 0 Å². The van der Waals surface area contributed by atoms with Gasteiger partial charge in [-0.05, 0) is 57.7 Å². The van der Waals surface area contributed by atoms with Crippen LogP contribution < -0.4 is 5.32 Å². The molecule has 0 bridgehead atoms. The van der Waals surface area contributed by atoms with Crippen LogP contribution in [0.15, 0.2) is 0 Å². The molecule has 0 aromatic rings. The molecule has 2 saturated heterocycles. The number of nitrogens with zero attached hydrogens (tertiary/aromatic N) is 1. The molecule has 2 heterocycles. The van der Waals surface area contributed by atoms with E-state index in [4.69, 9.17) is 0 Å². The molecule has 2 nitrogen and oxygen atoms in total. The average Bonchev–Trinajstić information content (AvgIpc) is 2.55. The zero-order chi connectivity index (χ0) is 11.2. The fraction of sp³-hybridized carbons (Fsp3) is 1.00. The van der Waals surface area contributed by atoms with Crippen molar-refractivity contribution in [3.8, 4) is 0 Å². The van der Waals surface area contributed by atoms with Crippen molar-refractivity contribution in [2.45, 2.75) is 57.9 Å². The van der Waals surface area contributed by atoms with Crippen LogP contribution >= 0.6 is 12.4 Å². The van der Waals surface area contributed by atoms with Crippen molar-refractivity contribution in [2.75, 3.05) is 26.2 Å². The maximum atomic E-state index is 3.55. The first-order chi connectivity index (χ1) is 7.90. The van der Waals surface area contributed by atoms with Gasteiger partial charge in [-0.25, -0.2) is 0 Å². The van der Waals surface area contributed by atoms with Crippen molar-refractivity contribution >= 4 is 12.4 Å². The molecular formula is C14H29ClN2. The molecule has 0 aromatic heterocycles. The van der Waals surface area contributed by atoms with Crippen LogP contribution in [0, 0.1) is 5.92 Å². The van der Waals surface area contributed by atoms with E-state index in [0.29, 0.717) is 0 Å². The van der Waals surface area contributed by atoms with Crippen LogP contribution in [0.4, 0.5) is 0 Å². The summed E-state index contributed by atoms with van der Waals surface area (Å²) in [7, 11) is 0. The van der Waals surface area contributed by atoms with Gasteiger partial charge in [-0.1, -0.05) is 19.8 Å². The summed E-state index contributed by atoms with van der Waals surface area (Å²) in [5, 5.41) is 3.55. The Morgan fingerprint density at radius 1 is 1.12 bits per heavy atom. The van der Waals surface area contributed by atoms with Crippen molar-refractivity contribution in [1.82, 2.24) is 10.2 Å². The lowest BCUT2D eigenvalue weighted by molar-refractivity contribution is 0.152. The van der Waals surface area contributed by atoms with E-state index in [9.17, 15) is 0 Å². The van der Waals surface area contributed by atoms with E-state index < -0.39 is 0 Å². The molecule has 0 spiro atoms. The minimum absolute atomic E-state index is 0. The Morgan fingerprint density at radius 2 is 2.00 bits per heavy atom. The molecular weight excluding hydrogens is 232 g/mol. The predicted octanol–water partition coefficient (Wildman–Crippen LogP) is 3.06. The van der Waals surface area contributed by atoms with E-state index >= 15 is 0 Å². The summed E-state index contributed by atoms with van der Waals surface area (Å²) < 4.78 is 0. The van der Waals surface area contributed by atoms with Gasteiger partial charge in [-0.2, -0.15) is 0 Å². The monoisotopic (exact) mass is 260 g/mol. The maximum absolute atomic E-state index is 3.55. The largest absolute Gasteiger partial charge is 0.316 e. The van der Waals surface area contributed by atoms with Crippen molar-refractivity contribution < 1.29 is 0 Å². The van der Waals surface area contributed by atoms with E-state index in [0.717, 1.165) is 12.0 Å². The second-order valence-electron chi connectivity index (χ2n) is 5.62. The first kappa shape index (κ1) is 15.3. The van der Waals surface area contributed by atoms with E-state index in [1.165, 1.54) is 71.1 Å². The summed E-state index contributed by atoms with van der Waals surface area (Å²) in [4.78, 5) is 2.80. The average molecular weight is 261 g/mol. The zero-order valence-corrected chi connectivity index (χ0v) is 12.1. The van der Waals surface area contributed by atoms with Gasteiger partial charge >= 0.3 is 0 Å². The highest BCUT2D eigenvalue weighted by atomic mass is 35.5. The Labute approximate surface area is 113 Å². The fourth-order valence-corrected chi connectivity index (χ4v) is 3.35. The van der Waals surface area contributed by atoms with E-state index in [2.05, 4.69) is 17.1 Å². The Bertz CT molecular complexity index is 193. The molecule has 2 atom stereocenters. The van der Waals surface area contributed by atoms with Gasteiger partial charge in [0.1, 0.15) is 0 Å². The maximum Gasteiger partial charge on any atom is 0.00927 e. The number of hydrogen-bond acceptors (Lipinski definition) is 2. The van der Waals surface area contributed by atoms with Crippen LogP contribution in [-0.2, 0) is 0 Å². The lowest BCUT2D eigenvalue weighted by atomic mass is 9.97. The molecule has 2 rings (SSSR count). The molecule has 0 radical (unpaired) electrons. The highest BCUT2D eigenvalue weighted by Crippen LogP contribution is 2.22. The third-order valence-corrected chi connectivity index (χ3v) is 4.36. The summed E-state index contributed by atoms with van der Waals surface area (Å²) in [5.74, 6) is 0.917. The van der Waals surface area contributed by atoms with Gasteiger partial charge < -0.3 is 10.2 Å². The topological polar surface area (TPSA) is 15.3 Å². The number of rotatable bonds is 3. The van der Waals surface area contributed by atoms with Gasteiger partial charge in [0, 0.05) is 12.6 Å². The SMILES string of the molecule is CCC1CCCCCN1CC1CCCNC1.Cl. The summed E-state index contributed by atoms with van der Waals surface area (Å²) in [5.41, 5.74) is 0. The minimum atomic E-state index is 0. The molecule has 102 valence electrons. The third-order valence-electron chi connectivity index (χ3n) is 4.36. The van der Waals surface area contributed by atoms with Gasteiger partial charge in [0.15, 0.2) is 0 Å². The van der Waals surface area contributed by atoms with Crippen molar-refractivity contribution in [2.24, 2.45) is 5.92 Å². The van der Waals surface area contributed by atoms with Crippen LogP contribution in [-0.4, -0.2) is 37.1 Å². The normalized spacial score (nSPS) is 31.6. The molecule has 2 aliphatic heterocycles. The van der Waals surface area contributed by atoms with E-state index in [-0.39, 0.29) is 12.4 Å². The summed E-state index contributed by atoms with van der Waals surface area (Å²) in [6.45, 7) is 7.57. The molecule has 0 aliphatic carbocycles. The first-order valence-corrected chi connectivity index (χ1v) is 7.35. The fourth-order valence-electron chi connectivity index (χ4n) is 3.35. The Morgan fingerprint density at radius 3 is 2.71 bits per heavy atom. The molecule has 2 unspecified atom stereocenters. The molecule has 3 heteroatoms. The Balaban J connectivity index is 0.00000144. The van der Waals surface area contributed by atoms with Crippen molar-refractivity contribution in [3.63, 3.8) is 0 Å². The number of nitrogens with one attached hydrogen (secondary N) is 1. The Hall–Kier alpha value is 0.210. The van der Waals surface area contributed by atoms with Crippen LogP contribution in [0.3, 0.4) is 0 Å². The first-order valence-electron chi connectivity index (χ1n) is 7.35. The third kappa shape index (κ3) is 4.76. The number of likely N-dealkylation sites (tertiary alicyclic amines) is 1. The molecule has 1 N–H and O–H groups in total. The van der Waals surface area contributed by atoms with Gasteiger partial charge in [0.2, 0.25) is 0 Å². The van der Waals surface area contributed by atoms with Crippen LogP contribution in [0.25, 0.3) is 0 Å². The number of piperidine rings is 1. The summed E-state index contributed by atoms with van der Waals surface area (Å²) >= 11 is 0. The summed E-state index contributed by atoms with van der Waals surface area (Å²) in [6.07, 6.45) is 9.95. The molecule has 2 aliphatic rings. The quantitative estimate of drug-likeness (QED) is 0.839. The van der Waals surface area contributed by atoms with Crippen molar-refractivity contribution in [3.05, 3.63) is 0 Å². The van der Waals surface area contributed by atoms with Crippen LogP contribution in [0.5, 0.6) is 0 Å². The summed E-state index contributed by atoms with van der Waals surface area (Å²) in [6, 6.07) is 0.879. The molecule has 0 aromatic carbocycles. The van der Waals surface area contributed by atoms with Gasteiger partial charge in [-0.15, -0.1) is 12.4 Å². The molecule has 17 heavy (non-hydrogen) atoms. The van der Waals surface area contributed by atoms with Crippen molar-refractivity contribution in [1.29, 1.82) is 0 Å². The molecule has 0 saturated carbocycles. The Kier molecular flexibility index (Phi) is 7.49. The molecule has 2 fully saturated rings. The second kappa shape index (κ2) is 8.34. The van der Waals surface area contributed by atoms with Gasteiger partial charge in [0.25, 0.3) is 0 Å². The smallest absolute Gasteiger partial charge is 0.00927 e. The lowest BCUT2D eigenvalue weighted by Gasteiger charge is -2.34. The highest BCUT2D eigenvalue weighted by molar-refractivity contribution is 5.85. The van der Waals surface area contributed by atoms with E-state index in [1.54, 1.807) is 0 Å². The number of hydrogen-bond donors (Lipinski definition) is 1. The highest BCUT2D eigenvalue weighted by Gasteiger charge is 2.23. The van der Waals surface area contributed by atoms with Crippen LogP contribution in [0.1, 0.15) is 51.9 Å². The van der Waals surface area contributed by atoms with Gasteiger partial charge in [0.05, 0.1) is 0 Å². The minimum Gasteiger partial charge on any atom is -0.316 e. The lowest BCUT2D eigenvalue weighted by Crippen LogP contribution is -2.42.